The number of anilines is 1. The van der Waals surface area contributed by atoms with Crippen LogP contribution in [0.5, 0.6) is 0 Å². The zero-order chi connectivity index (χ0) is 16.5. The van der Waals surface area contributed by atoms with Gasteiger partial charge in [-0.15, -0.1) is 5.10 Å². The number of nitrogen functional groups attached to an aromatic ring is 1. The second-order valence-electron chi connectivity index (χ2n) is 4.74. The van der Waals surface area contributed by atoms with Crippen molar-refractivity contribution in [3.8, 4) is 5.69 Å². The van der Waals surface area contributed by atoms with Gasteiger partial charge < -0.3 is 10.5 Å². The molecule has 0 saturated carbocycles. The van der Waals surface area contributed by atoms with E-state index >= 15 is 0 Å². The molecule has 118 valence electrons. The summed E-state index contributed by atoms with van der Waals surface area (Å²) in [5.74, 6) is -0.976. The number of esters is 1. The van der Waals surface area contributed by atoms with E-state index in [1.807, 2.05) is 0 Å². The summed E-state index contributed by atoms with van der Waals surface area (Å²) >= 11 is 0. The highest BCUT2D eigenvalue weighted by Gasteiger charge is 2.31. The molecule has 22 heavy (non-hydrogen) atoms. The van der Waals surface area contributed by atoms with Crippen molar-refractivity contribution in [1.82, 2.24) is 15.0 Å². The lowest BCUT2D eigenvalue weighted by Crippen LogP contribution is -2.14. The zero-order valence-corrected chi connectivity index (χ0v) is 11.8. The van der Waals surface area contributed by atoms with E-state index in [1.54, 1.807) is 13.8 Å². The van der Waals surface area contributed by atoms with Crippen molar-refractivity contribution >= 4 is 11.8 Å². The summed E-state index contributed by atoms with van der Waals surface area (Å²) in [7, 11) is 0. The van der Waals surface area contributed by atoms with Gasteiger partial charge in [-0.25, -0.2) is 4.79 Å². The molecule has 2 rings (SSSR count). The molecule has 0 unspecified atom stereocenters. The van der Waals surface area contributed by atoms with E-state index in [-0.39, 0.29) is 23.3 Å². The van der Waals surface area contributed by atoms with Crippen molar-refractivity contribution in [3.63, 3.8) is 0 Å². The molecule has 0 spiro atoms. The third kappa shape index (κ3) is 3.18. The van der Waals surface area contributed by atoms with E-state index in [4.69, 9.17) is 10.5 Å². The predicted octanol–water partition coefficient (Wildman–Crippen LogP) is 2.43. The van der Waals surface area contributed by atoms with Crippen LogP contribution in [0.4, 0.5) is 19.0 Å². The van der Waals surface area contributed by atoms with E-state index in [0.29, 0.717) is 0 Å². The first-order valence-corrected chi connectivity index (χ1v) is 6.30. The lowest BCUT2D eigenvalue weighted by Gasteiger charge is -2.09. The summed E-state index contributed by atoms with van der Waals surface area (Å²) in [6.45, 7) is 3.29. The molecular formula is C13H13F3N4O2. The fourth-order valence-electron chi connectivity index (χ4n) is 1.71. The van der Waals surface area contributed by atoms with Crippen LogP contribution in [0.25, 0.3) is 5.69 Å². The highest BCUT2D eigenvalue weighted by Crippen LogP contribution is 2.30. The minimum Gasteiger partial charge on any atom is -0.458 e. The Morgan fingerprint density at radius 3 is 2.64 bits per heavy atom. The maximum absolute atomic E-state index is 12.7. The molecule has 0 saturated heterocycles. The van der Waals surface area contributed by atoms with E-state index in [1.165, 1.54) is 12.1 Å². The van der Waals surface area contributed by atoms with Gasteiger partial charge >= 0.3 is 12.1 Å². The third-order valence-corrected chi connectivity index (χ3v) is 2.66. The molecule has 0 radical (unpaired) electrons. The second-order valence-corrected chi connectivity index (χ2v) is 4.74. The number of alkyl halides is 3. The molecule has 0 aliphatic heterocycles. The van der Waals surface area contributed by atoms with Crippen molar-refractivity contribution in [2.24, 2.45) is 0 Å². The molecule has 1 heterocycles. The molecule has 2 N–H and O–H groups in total. The fourth-order valence-corrected chi connectivity index (χ4v) is 1.71. The SMILES string of the molecule is CC(C)OC(=O)c1nnn(-c2cccc(C(F)(F)F)c2)c1N. The summed E-state index contributed by atoms with van der Waals surface area (Å²) in [5.41, 5.74) is 4.67. The van der Waals surface area contributed by atoms with Crippen LogP contribution < -0.4 is 5.73 Å². The minimum absolute atomic E-state index is 0.0448. The number of carbonyl (C=O) groups is 1. The molecule has 0 bridgehead atoms. The Balaban J connectivity index is 2.39. The third-order valence-electron chi connectivity index (χ3n) is 2.66. The molecule has 0 aliphatic carbocycles. The molecule has 0 atom stereocenters. The summed E-state index contributed by atoms with van der Waals surface area (Å²) in [6.07, 6.45) is -4.88. The van der Waals surface area contributed by atoms with Gasteiger partial charge in [-0.2, -0.15) is 17.9 Å². The lowest BCUT2D eigenvalue weighted by atomic mass is 10.2. The first kappa shape index (κ1) is 15.8. The maximum atomic E-state index is 12.7. The summed E-state index contributed by atoms with van der Waals surface area (Å²) in [6, 6.07) is 4.37. The number of carbonyl (C=O) groups excluding carboxylic acids is 1. The van der Waals surface area contributed by atoms with Crippen molar-refractivity contribution < 1.29 is 22.7 Å². The maximum Gasteiger partial charge on any atom is 0.416 e. The van der Waals surface area contributed by atoms with Crippen LogP contribution in [0, 0.1) is 0 Å². The Morgan fingerprint density at radius 2 is 2.05 bits per heavy atom. The van der Waals surface area contributed by atoms with E-state index in [2.05, 4.69) is 10.3 Å². The molecule has 0 aliphatic rings. The molecule has 0 fully saturated rings. The van der Waals surface area contributed by atoms with Gasteiger partial charge in [0.2, 0.25) is 5.69 Å². The predicted molar refractivity (Wildman–Crippen MR) is 71.3 cm³/mol. The van der Waals surface area contributed by atoms with E-state index in [0.717, 1.165) is 16.8 Å². The van der Waals surface area contributed by atoms with E-state index < -0.39 is 17.7 Å². The normalized spacial score (nSPS) is 11.7. The number of nitrogens with two attached hydrogens (primary N) is 1. The second kappa shape index (κ2) is 5.66. The summed E-state index contributed by atoms with van der Waals surface area (Å²) < 4.78 is 44.0. The average molecular weight is 314 g/mol. The van der Waals surface area contributed by atoms with Crippen LogP contribution in [0.2, 0.25) is 0 Å². The zero-order valence-electron chi connectivity index (χ0n) is 11.8. The minimum atomic E-state index is -4.50. The topological polar surface area (TPSA) is 83.0 Å². The van der Waals surface area contributed by atoms with Gasteiger partial charge in [0.1, 0.15) is 0 Å². The molecule has 1 aromatic carbocycles. The van der Waals surface area contributed by atoms with E-state index in [9.17, 15) is 18.0 Å². The van der Waals surface area contributed by atoms with Crippen molar-refractivity contribution in [2.45, 2.75) is 26.1 Å². The van der Waals surface area contributed by atoms with Crippen LogP contribution in [0.3, 0.4) is 0 Å². The number of aromatic nitrogens is 3. The van der Waals surface area contributed by atoms with Gasteiger partial charge in [0.15, 0.2) is 5.82 Å². The highest BCUT2D eigenvalue weighted by molar-refractivity contribution is 5.92. The Bertz CT molecular complexity index is 695. The number of hydrogen-bond donors (Lipinski definition) is 1. The Labute approximate surface area is 123 Å². The van der Waals surface area contributed by atoms with Crippen LogP contribution in [0.1, 0.15) is 29.9 Å². The number of halogens is 3. The first-order valence-electron chi connectivity index (χ1n) is 6.30. The largest absolute Gasteiger partial charge is 0.458 e. The monoisotopic (exact) mass is 314 g/mol. The Hall–Kier alpha value is -2.58. The highest BCUT2D eigenvalue weighted by atomic mass is 19.4. The van der Waals surface area contributed by atoms with Gasteiger partial charge in [0.05, 0.1) is 17.4 Å². The van der Waals surface area contributed by atoms with Gasteiger partial charge in [-0.3, -0.25) is 0 Å². The first-order chi connectivity index (χ1) is 10.2. The molecule has 0 amide bonds. The summed E-state index contributed by atoms with van der Waals surface area (Å²) in [5, 5.41) is 7.18. The van der Waals surface area contributed by atoms with Crippen LogP contribution >= 0.6 is 0 Å². The Morgan fingerprint density at radius 1 is 1.36 bits per heavy atom. The lowest BCUT2D eigenvalue weighted by molar-refractivity contribution is -0.137. The van der Waals surface area contributed by atoms with Gasteiger partial charge in [0, 0.05) is 0 Å². The number of nitrogens with zero attached hydrogens (tertiary/aromatic N) is 3. The van der Waals surface area contributed by atoms with Crippen LogP contribution in [-0.4, -0.2) is 27.1 Å². The number of rotatable bonds is 3. The van der Waals surface area contributed by atoms with Gasteiger partial charge in [0.25, 0.3) is 0 Å². The Kier molecular flexibility index (Phi) is 4.07. The quantitative estimate of drug-likeness (QED) is 0.880. The molecular weight excluding hydrogens is 301 g/mol. The smallest absolute Gasteiger partial charge is 0.416 e. The average Bonchev–Trinajstić information content (AvgIpc) is 2.79. The fraction of sp³-hybridized carbons (Fsp3) is 0.308. The summed E-state index contributed by atoms with van der Waals surface area (Å²) in [4.78, 5) is 11.7. The molecule has 9 heteroatoms. The standard InChI is InChI=1S/C13H13F3N4O2/c1-7(2)22-12(21)10-11(17)20(19-18-10)9-5-3-4-8(6-9)13(14,15)16/h3-7H,17H2,1-2H3. The van der Waals surface area contributed by atoms with Gasteiger partial charge in [-0.1, -0.05) is 11.3 Å². The molecule has 6 nitrogen and oxygen atoms in total. The number of ether oxygens (including phenoxy) is 1. The van der Waals surface area contributed by atoms with Gasteiger partial charge in [-0.05, 0) is 32.0 Å². The van der Waals surface area contributed by atoms with Crippen molar-refractivity contribution in [2.75, 3.05) is 5.73 Å². The van der Waals surface area contributed by atoms with Crippen LogP contribution in [0.15, 0.2) is 24.3 Å². The molecule has 1 aromatic heterocycles. The van der Waals surface area contributed by atoms with Crippen molar-refractivity contribution in [3.05, 3.63) is 35.5 Å². The number of hydrogen-bond acceptors (Lipinski definition) is 5. The number of benzene rings is 1. The van der Waals surface area contributed by atoms with Crippen molar-refractivity contribution in [1.29, 1.82) is 0 Å². The molecule has 2 aromatic rings. The van der Waals surface area contributed by atoms with Crippen LogP contribution in [-0.2, 0) is 10.9 Å².